The second-order valence-electron chi connectivity index (χ2n) is 17.9. The first kappa shape index (κ1) is 64.7. The van der Waals surface area contributed by atoms with E-state index >= 15 is 0 Å². The van der Waals surface area contributed by atoms with E-state index in [1.807, 2.05) is 12.2 Å². The standard InChI is InChI=1S/C63H101NO5/c1-4-7-10-13-16-19-22-25-28-30-31-33-35-38-41-44-47-50-53-56-63(68)69-59(54-51-48-45-42-39-36-34-32-29-26-23-20-17-14-11-8-5-2)57-62(67)64-60(58-65)61(66)55-52-49-46-43-40-37-27-24-21-18-15-12-9-6-3/h7-8,10-11,16-17,19-20,25-26,28-29,31,33-34,36,38,41-42,45,47,50-51,54,59-61,65-66H,4-6,9,12-15,18,21-24,27,30,32,35,37,39-40,43-44,46,48-49,52-53,55-58H2,1-3H3,(H,64,67)/b10-7-,11-8-,19-16-,20-17-,28-25-,29-26-,33-31-,36-34-,41-38-,45-42-,50-47-,54-51-. The Morgan fingerprint density at radius 2 is 0.783 bits per heavy atom. The summed E-state index contributed by atoms with van der Waals surface area (Å²) in [6, 6.07) is -0.769. The van der Waals surface area contributed by atoms with E-state index in [0.717, 1.165) is 89.9 Å². The van der Waals surface area contributed by atoms with Crippen molar-refractivity contribution in [2.75, 3.05) is 6.61 Å². The Morgan fingerprint density at radius 3 is 1.14 bits per heavy atom. The summed E-state index contributed by atoms with van der Waals surface area (Å²) in [4.78, 5) is 26.1. The van der Waals surface area contributed by atoms with Crippen molar-refractivity contribution in [1.29, 1.82) is 0 Å². The number of esters is 1. The van der Waals surface area contributed by atoms with Gasteiger partial charge in [-0.2, -0.15) is 0 Å². The minimum atomic E-state index is -0.843. The van der Waals surface area contributed by atoms with Crippen molar-refractivity contribution in [3.05, 3.63) is 146 Å². The van der Waals surface area contributed by atoms with E-state index in [0.29, 0.717) is 19.3 Å². The predicted molar refractivity (Wildman–Crippen MR) is 300 cm³/mol. The van der Waals surface area contributed by atoms with E-state index in [2.05, 4.69) is 154 Å². The maximum atomic E-state index is 13.2. The van der Waals surface area contributed by atoms with Crippen LogP contribution in [0.15, 0.2) is 146 Å². The number of carbonyl (C=O) groups is 2. The van der Waals surface area contributed by atoms with Gasteiger partial charge in [0.25, 0.3) is 0 Å². The number of aliphatic hydroxyl groups is 2. The number of unbranched alkanes of at least 4 members (excludes halogenated alkanes) is 13. The fourth-order valence-corrected chi connectivity index (χ4v) is 7.33. The Bertz CT molecular complexity index is 1540. The second kappa shape index (κ2) is 54.7. The molecule has 388 valence electrons. The third-order valence-electron chi connectivity index (χ3n) is 11.4. The summed E-state index contributed by atoms with van der Waals surface area (Å²) in [6.45, 7) is 6.20. The predicted octanol–water partition coefficient (Wildman–Crippen LogP) is 17.2. The summed E-state index contributed by atoms with van der Waals surface area (Å²) in [5, 5.41) is 23.8. The van der Waals surface area contributed by atoms with Gasteiger partial charge in [0.05, 0.1) is 25.2 Å². The zero-order valence-electron chi connectivity index (χ0n) is 44.1. The van der Waals surface area contributed by atoms with Gasteiger partial charge in [-0.3, -0.25) is 9.59 Å². The molecule has 0 aliphatic carbocycles. The highest BCUT2D eigenvalue weighted by molar-refractivity contribution is 5.78. The highest BCUT2D eigenvalue weighted by atomic mass is 16.5. The van der Waals surface area contributed by atoms with Crippen molar-refractivity contribution < 1.29 is 24.5 Å². The molecular formula is C63H101NO5. The van der Waals surface area contributed by atoms with Crippen LogP contribution in [-0.4, -0.2) is 46.9 Å². The van der Waals surface area contributed by atoms with Gasteiger partial charge in [0, 0.05) is 6.42 Å². The Morgan fingerprint density at radius 1 is 0.449 bits per heavy atom. The molecule has 0 aromatic heterocycles. The fourth-order valence-electron chi connectivity index (χ4n) is 7.33. The topological polar surface area (TPSA) is 95.9 Å². The molecule has 0 rings (SSSR count). The van der Waals surface area contributed by atoms with Gasteiger partial charge in [-0.15, -0.1) is 0 Å². The van der Waals surface area contributed by atoms with Crippen molar-refractivity contribution in [2.45, 2.75) is 232 Å². The maximum absolute atomic E-state index is 13.2. The first-order chi connectivity index (χ1) is 34.0. The summed E-state index contributed by atoms with van der Waals surface area (Å²) >= 11 is 0. The third kappa shape index (κ3) is 50.0. The number of hydrogen-bond donors (Lipinski definition) is 3. The number of rotatable bonds is 47. The summed E-state index contributed by atoms with van der Waals surface area (Å²) < 4.78 is 5.79. The molecule has 0 saturated heterocycles. The van der Waals surface area contributed by atoms with Crippen LogP contribution in [0.5, 0.6) is 0 Å². The number of nitrogens with one attached hydrogen (secondary N) is 1. The van der Waals surface area contributed by atoms with Gasteiger partial charge in [0.1, 0.15) is 6.10 Å². The summed E-state index contributed by atoms with van der Waals surface area (Å²) in [6.07, 6.45) is 79.5. The molecule has 6 heteroatoms. The molecule has 3 atom stereocenters. The lowest BCUT2D eigenvalue weighted by atomic mass is 10.0. The molecule has 0 aliphatic rings. The zero-order valence-corrected chi connectivity index (χ0v) is 44.1. The number of carbonyl (C=O) groups excluding carboxylic acids is 2. The van der Waals surface area contributed by atoms with Gasteiger partial charge in [0.2, 0.25) is 5.91 Å². The van der Waals surface area contributed by atoms with Gasteiger partial charge >= 0.3 is 5.97 Å². The highest BCUT2D eigenvalue weighted by Crippen LogP contribution is 2.15. The molecule has 0 fully saturated rings. The van der Waals surface area contributed by atoms with E-state index in [-0.39, 0.29) is 31.3 Å². The molecule has 0 radical (unpaired) electrons. The molecule has 0 saturated carbocycles. The first-order valence-corrected chi connectivity index (χ1v) is 27.6. The van der Waals surface area contributed by atoms with Crippen LogP contribution in [0.2, 0.25) is 0 Å². The number of amides is 1. The van der Waals surface area contributed by atoms with Crippen molar-refractivity contribution in [3.63, 3.8) is 0 Å². The van der Waals surface area contributed by atoms with E-state index in [1.54, 1.807) is 6.08 Å². The van der Waals surface area contributed by atoms with Crippen LogP contribution >= 0.6 is 0 Å². The van der Waals surface area contributed by atoms with Crippen LogP contribution in [-0.2, 0) is 14.3 Å². The minimum absolute atomic E-state index is 0.0874. The average molecular weight is 953 g/mol. The highest BCUT2D eigenvalue weighted by Gasteiger charge is 2.23. The second-order valence-corrected chi connectivity index (χ2v) is 17.9. The fraction of sp³-hybridized carbons (Fsp3) is 0.587. The van der Waals surface area contributed by atoms with Crippen LogP contribution in [0.4, 0.5) is 0 Å². The zero-order chi connectivity index (χ0) is 50.2. The molecule has 0 aromatic rings. The quantitative estimate of drug-likeness (QED) is 0.0321. The number of aliphatic hydroxyl groups excluding tert-OH is 2. The first-order valence-electron chi connectivity index (χ1n) is 27.6. The molecule has 3 N–H and O–H groups in total. The van der Waals surface area contributed by atoms with Crippen LogP contribution in [0.1, 0.15) is 213 Å². The number of allylic oxidation sites excluding steroid dienone is 23. The molecule has 0 aromatic carbocycles. The Kier molecular flexibility index (Phi) is 51.3. The van der Waals surface area contributed by atoms with Crippen molar-refractivity contribution in [2.24, 2.45) is 0 Å². The van der Waals surface area contributed by atoms with E-state index in [4.69, 9.17) is 4.74 Å². The van der Waals surface area contributed by atoms with Gasteiger partial charge in [-0.25, -0.2) is 0 Å². The molecule has 6 nitrogen and oxygen atoms in total. The van der Waals surface area contributed by atoms with Crippen molar-refractivity contribution >= 4 is 11.9 Å². The summed E-state index contributed by atoms with van der Waals surface area (Å²) in [5.41, 5.74) is 0. The van der Waals surface area contributed by atoms with E-state index in [9.17, 15) is 19.8 Å². The molecule has 1 amide bonds. The SMILES string of the molecule is CC/C=C\C/C=C\C/C=C\C/C=C\C/C=C\C/C=C\CCC(=O)OC(/C=C\C/C=C\C/C=C\C/C=C\C/C=C\C/C=C\CC)CC(=O)NC(CO)C(O)CCCCCCCCCCCCCCCC. The Labute approximate surface area is 424 Å². The molecule has 0 bridgehead atoms. The molecule has 69 heavy (non-hydrogen) atoms. The molecule has 3 unspecified atom stereocenters. The monoisotopic (exact) mass is 952 g/mol. The van der Waals surface area contributed by atoms with Crippen LogP contribution < -0.4 is 5.32 Å². The Hall–Kier alpha value is -4.26. The lowest BCUT2D eigenvalue weighted by Gasteiger charge is -2.23. The molecule has 0 heterocycles. The van der Waals surface area contributed by atoms with Gasteiger partial charge in [-0.05, 0) is 96.0 Å². The average Bonchev–Trinajstić information content (AvgIpc) is 3.34. The molecule has 0 spiro atoms. The van der Waals surface area contributed by atoms with Crippen LogP contribution in [0.3, 0.4) is 0 Å². The van der Waals surface area contributed by atoms with Gasteiger partial charge in [0.15, 0.2) is 0 Å². The maximum Gasteiger partial charge on any atom is 0.306 e. The smallest absolute Gasteiger partial charge is 0.306 e. The lowest BCUT2D eigenvalue weighted by Crippen LogP contribution is -2.46. The minimum Gasteiger partial charge on any atom is -0.458 e. The third-order valence-corrected chi connectivity index (χ3v) is 11.4. The van der Waals surface area contributed by atoms with Crippen molar-refractivity contribution in [1.82, 2.24) is 5.32 Å². The molecule has 0 aliphatic heterocycles. The van der Waals surface area contributed by atoms with E-state index in [1.165, 1.54) is 70.6 Å². The normalized spacial score (nSPS) is 14.3. The van der Waals surface area contributed by atoms with Gasteiger partial charge < -0.3 is 20.3 Å². The van der Waals surface area contributed by atoms with Crippen LogP contribution in [0, 0.1) is 0 Å². The van der Waals surface area contributed by atoms with E-state index < -0.39 is 18.2 Å². The molecular weight excluding hydrogens is 851 g/mol. The van der Waals surface area contributed by atoms with Crippen LogP contribution in [0.25, 0.3) is 0 Å². The summed E-state index contributed by atoms with van der Waals surface area (Å²) in [7, 11) is 0. The Balaban J connectivity index is 4.89. The number of hydrogen-bond acceptors (Lipinski definition) is 5. The lowest BCUT2D eigenvalue weighted by molar-refractivity contribution is -0.148. The largest absolute Gasteiger partial charge is 0.458 e. The summed E-state index contributed by atoms with van der Waals surface area (Å²) in [5.74, 6) is -0.744. The number of ether oxygens (including phenoxy) is 1. The van der Waals surface area contributed by atoms with Gasteiger partial charge in [-0.1, -0.05) is 250 Å². The van der Waals surface area contributed by atoms with Crippen molar-refractivity contribution in [3.8, 4) is 0 Å².